The Hall–Kier alpha value is -0.120. The number of rotatable bonds is 7. The molecule has 17 heavy (non-hydrogen) atoms. The summed E-state index contributed by atoms with van der Waals surface area (Å²) >= 11 is 0. The van der Waals surface area contributed by atoms with Gasteiger partial charge in [-0.3, -0.25) is 0 Å². The standard InChI is InChI=1S/C14H31N3/c1-4-8-16(5-2)10-7-12-17-11-6-9-15(3)13-14-17/h4-14H2,1-3H3. The van der Waals surface area contributed by atoms with Crippen LogP contribution in [0.25, 0.3) is 0 Å². The predicted molar refractivity (Wildman–Crippen MR) is 75.6 cm³/mol. The monoisotopic (exact) mass is 241 g/mol. The molecule has 3 nitrogen and oxygen atoms in total. The van der Waals surface area contributed by atoms with Gasteiger partial charge in [0.1, 0.15) is 0 Å². The molecule has 1 saturated heterocycles. The fourth-order valence-corrected chi connectivity index (χ4v) is 2.59. The maximum absolute atomic E-state index is 2.64. The number of nitrogens with zero attached hydrogens (tertiary/aromatic N) is 3. The third-order valence-corrected chi connectivity index (χ3v) is 3.75. The molecule has 0 saturated carbocycles. The zero-order valence-electron chi connectivity index (χ0n) is 12.1. The third kappa shape index (κ3) is 6.39. The maximum atomic E-state index is 2.64. The van der Waals surface area contributed by atoms with E-state index in [9.17, 15) is 0 Å². The van der Waals surface area contributed by atoms with Crippen molar-refractivity contribution in [3.8, 4) is 0 Å². The van der Waals surface area contributed by atoms with Crippen molar-refractivity contribution < 1.29 is 0 Å². The molecule has 0 aromatic carbocycles. The number of hydrogen-bond acceptors (Lipinski definition) is 3. The SMILES string of the molecule is CCCN(CC)CCCN1CCCN(C)CC1. The minimum atomic E-state index is 1.20. The molecule has 0 N–H and O–H groups in total. The lowest BCUT2D eigenvalue weighted by atomic mass is 10.3. The van der Waals surface area contributed by atoms with E-state index in [1.165, 1.54) is 71.6 Å². The molecule has 0 aromatic heterocycles. The van der Waals surface area contributed by atoms with Crippen LogP contribution in [0.2, 0.25) is 0 Å². The molecular formula is C14H31N3. The second kappa shape index (κ2) is 8.90. The van der Waals surface area contributed by atoms with Crippen molar-refractivity contribution in [2.75, 3.05) is 59.4 Å². The van der Waals surface area contributed by atoms with Crippen molar-refractivity contribution in [3.05, 3.63) is 0 Å². The highest BCUT2D eigenvalue weighted by atomic mass is 15.2. The van der Waals surface area contributed by atoms with Gasteiger partial charge in [0.15, 0.2) is 0 Å². The van der Waals surface area contributed by atoms with Gasteiger partial charge in [0.05, 0.1) is 0 Å². The minimum Gasteiger partial charge on any atom is -0.305 e. The first kappa shape index (κ1) is 14.9. The molecule has 0 unspecified atom stereocenters. The van der Waals surface area contributed by atoms with Gasteiger partial charge in [-0.2, -0.15) is 0 Å². The second-order valence-corrected chi connectivity index (χ2v) is 5.29. The quantitative estimate of drug-likeness (QED) is 0.672. The first-order chi connectivity index (χ1) is 8.26. The summed E-state index contributed by atoms with van der Waals surface area (Å²) in [4.78, 5) is 7.67. The van der Waals surface area contributed by atoms with Gasteiger partial charge in [0, 0.05) is 13.1 Å². The molecule has 1 aliphatic rings. The van der Waals surface area contributed by atoms with Crippen LogP contribution in [0.4, 0.5) is 0 Å². The van der Waals surface area contributed by atoms with Gasteiger partial charge in [0.25, 0.3) is 0 Å². The van der Waals surface area contributed by atoms with E-state index >= 15 is 0 Å². The minimum absolute atomic E-state index is 1.20. The first-order valence-electron chi connectivity index (χ1n) is 7.39. The normalized spacial score (nSPS) is 19.8. The molecule has 0 radical (unpaired) electrons. The summed E-state index contributed by atoms with van der Waals surface area (Å²) in [6.45, 7) is 14.6. The highest BCUT2D eigenvalue weighted by Gasteiger charge is 2.11. The zero-order chi connectivity index (χ0) is 12.5. The highest BCUT2D eigenvalue weighted by molar-refractivity contribution is 4.68. The van der Waals surface area contributed by atoms with Gasteiger partial charge in [-0.1, -0.05) is 13.8 Å². The van der Waals surface area contributed by atoms with E-state index in [0.717, 1.165) is 0 Å². The Kier molecular flexibility index (Phi) is 7.82. The molecule has 0 spiro atoms. The van der Waals surface area contributed by atoms with Crippen LogP contribution in [0.5, 0.6) is 0 Å². The van der Waals surface area contributed by atoms with Crippen LogP contribution in [0.1, 0.15) is 33.1 Å². The molecule has 0 atom stereocenters. The van der Waals surface area contributed by atoms with Gasteiger partial charge < -0.3 is 14.7 Å². The van der Waals surface area contributed by atoms with Gasteiger partial charge in [-0.15, -0.1) is 0 Å². The lowest BCUT2D eigenvalue weighted by molar-refractivity contribution is 0.234. The Balaban J connectivity index is 2.12. The summed E-state index contributed by atoms with van der Waals surface area (Å²) < 4.78 is 0. The van der Waals surface area contributed by atoms with Crippen LogP contribution < -0.4 is 0 Å². The van der Waals surface area contributed by atoms with E-state index in [4.69, 9.17) is 0 Å². The fraction of sp³-hybridized carbons (Fsp3) is 1.00. The molecule has 0 aromatic rings. The second-order valence-electron chi connectivity index (χ2n) is 5.29. The lowest BCUT2D eigenvalue weighted by Crippen LogP contribution is -2.32. The van der Waals surface area contributed by atoms with E-state index in [-0.39, 0.29) is 0 Å². The summed E-state index contributed by atoms with van der Waals surface area (Å²) in [5, 5.41) is 0. The van der Waals surface area contributed by atoms with Crippen LogP contribution in [-0.2, 0) is 0 Å². The van der Waals surface area contributed by atoms with Crippen LogP contribution in [-0.4, -0.2) is 74.1 Å². The Labute approximate surface area is 108 Å². The summed E-state index contributed by atoms with van der Waals surface area (Å²) in [6, 6.07) is 0. The smallest absolute Gasteiger partial charge is 0.0109 e. The van der Waals surface area contributed by atoms with Crippen molar-refractivity contribution in [2.24, 2.45) is 0 Å². The van der Waals surface area contributed by atoms with Crippen LogP contribution >= 0.6 is 0 Å². The summed E-state index contributed by atoms with van der Waals surface area (Å²) in [7, 11) is 2.24. The Bertz CT molecular complexity index is 184. The van der Waals surface area contributed by atoms with Crippen molar-refractivity contribution in [3.63, 3.8) is 0 Å². The largest absolute Gasteiger partial charge is 0.305 e. The predicted octanol–water partition coefficient (Wildman–Crippen LogP) is 1.75. The number of likely N-dealkylation sites (N-methyl/N-ethyl adjacent to an activating group) is 1. The van der Waals surface area contributed by atoms with E-state index in [1.807, 2.05) is 0 Å². The van der Waals surface area contributed by atoms with E-state index < -0.39 is 0 Å². The van der Waals surface area contributed by atoms with E-state index in [2.05, 4.69) is 35.6 Å². The molecule has 0 amide bonds. The molecule has 102 valence electrons. The molecule has 1 aliphatic heterocycles. The Morgan fingerprint density at radius 2 is 1.82 bits per heavy atom. The van der Waals surface area contributed by atoms with Crippen molar-refractivity contribution in [1.82, 2.24) is 14.7 Å². The molecule has 3 heteroatoms. The Morgan fingerprint density at radius 3 is 2.53 bits per heavy atom. The van der Waals surface area contributed by atoms with E-state index in [0.29, 0.717) is 0 Å². The number of hydrogen-bond donors (Lipinski definition) is 0. The van der Waals surface area contributed by atoms with Crippen molar-refractivity contribution in [1.29, 1.82) is 0 Å². The summed E-state index contributed by atoms with van der Waals surface area (Å²) in [5.74, 6) is 0. The van der Waals surface area contributed by atoms with Gasteiger partial charge in [-0.05, 0) is 65.6 Å². The van der Waals surface area contributed by atoms with Gasteiger partial charge in [0.2, 0.25) is 0 Å². The van der Waals surface area contributed by atoms with Gasteiger partial charge in [-0.25, -0.2) is 0 Å². The molecule has 1 heterocycles. The van der Waals surface area contributed by atoms with Crippen LogP contribution in [0.3, 0.4) is 0 Å². The third-order valence-electron chi connectivity index (χ3n) is 3.75. The molecular weight excluding hydrogens is 210 g/mol. The molecule has 0 aliphatic carbocycles. The van der Waals surface area contributed by atoms with E-state index in [1.54, 1.807) is 0 Å². The maximum Gasteiger partial charge on any atom is 0.0109 e. The lowest BCUT2D eigenvalue weighted by Gasteiger charge is -2.23. The topological polar surface area (TPSA) is 9.72 Å². The van der Waals surface area contributed by atoms with Crippen LogP contribution in [0.15, 0.2) is 0 Å². The summed E-state index contributed by atoms with van der Waals surface area (Å²) in [5.41, 5.74) is 0. The zero-order valence-corrected chi connectivity index (χ0v) is 12.1. The molecule has 1 fully saturated rings. The van der Waals surface area contributed by atoms with Crippen LogP contribution in [0, 0.1) is 0 Å². The Morgan fingerprint density at radius 1 is 1.00 bits per heavy atom. The van der Waals surface area contributed by atoms with Crippen molar-refractivity contribution >= 4 is 0 Å². The highest BCUT2D eigenvalue weighted by Crippen LogP contribution is 2.02. The first-order valence-corrected chi connectivity index (χ1v) is 7.39. The van der Waals surface area contributed by atoms with Gasteiger partial charge >= 0.3 is 0 Å². The van der Waals surface area contributed by atoms with Crippen molar-refractivity contribution in [2.45, 2.75) is 33.1 Å². The average Bonchev–Trinajstić information content (AvgIpc) is 2.53. The fourth-order valence-electron chi connectivity index (χ4n) is 2.59. The molecule has 0 bridgehead atoms. The molecule has 1 rings (SSSR count). The summed E-state index contributed by atoms with van der Waals surface area (Å²) in [6.07, 6.45) is 3.95. The average molecular weight is 241 g/mol.